The number of aryl methyl sites for hydroxylation is 2. The molecule has 0 saturated heterocycles. The van der Waals surface area contributed by atoms with Crippen molar-refractivity contribution in [1.29, 1.82) is 0 Å². The Balaban J connectivity index is 1.15. The van der Waals surface area contributed by atoms with Crippen LogP contribution in [0.3, 0.4) is 0 Å². The summed E-state index contributed by atoms with van der Waals surface area (Å²) in [4.78, 5) is 0. The number of phenols is 2. The fraction of sp³-hybridized carbons (Fsp3) is 0.616. The first kappa shape index (κ1) is 112. The lowest BCUT2D eigenvalue weighted by Gasteiger charge is -2.40. The second kappa shape index (κ2) is 48.1. The number of hydrogen-bond donors (Lipinski definition) is 2. The number of hydrogen-bond acceptors (Lipinski definition) is 4. The minimum Gasteiger partial charge on any atom is -0.505 e. The molecule has 0 unspecified atom stereocenters. The van der Waals surface area contributed by atoms with Gasteiger partial charge in [-0.1, -0.05) is 455 Å². The van der Waals surface area contributed by atoms with Crippen LogP contribution in [0.15, 0.2) is 121 Å². The van der Waals surface area contributed by atoms with E-state index in [1.165, 1.54) is 221 Å². The first-order chi connectivity index (χ1) is 64.6. The van der Waals surface area contributed by atoms with Gasteiger partial charge in [0.15, 0.2) is 0 Å². The Labute approximate surface area is 838 Å². The molecule has 0 radical (unpaired) electrons. The van der Waals surface area contributed by atoms with Crippen LogP contribution in [0.5, 0.6) is 23.0 Å². The van der Waals surface area contributed by atoms with Gasteiger partial charge in [0.25, 0.3) is 0 Å². The third-order valence-electron chi connectivity index (χ3n) is 33.7. The average Bonchev–Trinajstić information content (AvgIpc) is 1.58. The number of unbranched alkanes of at least 4 members (excludes halogenated alkanes) is 20. The molecular formula is C125H192F2N2O4Si4. The van der Waals surface area contributed by atoms with Gasteiger partial charge in [0.2, 0.25) is 0 Å². The Morgan fingerprint density at radius 3 is 0.752 bits per heavy atom. The van der Waals surface area contributed by atoms with Gasteiger partial charge in [0, 0.05) is 50.2 Å². The van der Waals surface area contributed by atoms with Gasteiger partial charge >= 0.3 is 0 Å². The van der Waals surface area contributed by atoms with E-state index in [9.17, 15) is 10.2 Å². The second-order valence-electron chi connectivity index (χ2n) is 49.3. The minimum absolute atomic E-state index is 0.0722. The van der Waals surface area contributed by atoms with Crippen molar-refractivity contribution in [3.63, 3.8) is 0 Å². The normalized spacial score (nSPS) is 13.3. The van der Waals surface area contributed by atoms with E-state index < -0.39 is 54.8 Å². The van der Waals surface area contributed by atoms with Crippen LogP contribution >= 0.6 is 0 Å². The second-order valence-corrected chi connectivity index (χ2v) is 71.2. The largest absolute Gasteiger partial charge is 0.505 e. The summed E-state index contributed by atoms with van der Waals surface area (Å²) in [5.74, 6) is 0.347. The first-order valence-corrected chi connectivity index (χ1v) is 64.9. The Hall–Kier alpha value is -6.71. The number of nitrogens with zero attached hydrogens (tertiary/aromatic N) is 2. The van der Waals surface area contributed by atoms with Gasteiger partial charge in [0.05, 0.1) is 79.0 Å². The lowest BCUT2D eigenvalue weighted by atomic mass is 9.71. The van der Waals surface area contributed by atoms with Gasteiger partial charge in [-0.2, -0.15) is 0 Å². The maximum absolute atomic E-state index is 17.2. The van der Waals surface area contributed by atoms with Crippen LogP contribution < -0.4 is 30.2 Å². The molecule has 6 nitrogen and oxygen atoms in total. The predicted octanol–water partition coefficient (Wildman–Crippen LogP) is 38.1. The van der Waals surface area contributed by atoms with Gasteiger partial charge in [-0.25, -0.2) is 8.78 Å². The summed E-state index contributed by atoms with van der Waals surface area (Å²) in [6.07, 6.45) is 32.4. The van der Waals surface area contributed by atoms with E-state index in [1.54, 1.807) is 24.3 Å². The lowest BCUT2D eigenvalue weighted by Crippen LogP contribution is -2.53. The molecule has 10 aromatic rings. The minimum atomic E-state index is -2.25. The van der Waals surface area contributed by atoms with Crippen molar-refractivity contribution >= 4 is 96.7 Å². The quantitative estimate of drug-likeness (QED) is 0.0294. The molecule has 0 bridgehead atoms. The summed E-state index contributed by atoms with van der Waals surface area (Å²) in [5, 5.41) is 39.0. The number of halogens is 2. The Morgan fingerprint density at radius 1 is 0.292 bits per heavy atom. The zero-order valence-electron chi connectivity index (χ0n) is 92.9. The van der Waals surface area contributed by atoms with E-state index in [-0.39, 0.29) is 35.5 Å². The highest BCUT2D eigenvalue weighted by Gasteiger charge is 2.47. The van der Waals surface area contributed by atoms with Gasteiger partial charge in [0.1, 0.15) is 34.6 Å². The maximum Gasteiger partial charge on any atom is 0.147 e. The summed E-state index contributed by atoms with van der Waals surface area (Å²) >= 11 is 0. The van der Waals surface area contributed by atoms with Crippen molar-refractivity contribution in [2.45, 2.75) is 474 Å². The van der Waals surface area contributed by atoms with E-state index in [0.29, 0.717) is 107 Å². The maximum atomic E-state index is 17.2. The molecule has 0 saturated carbocycles. The molecule has 10 rings (SSSR count). The summed E-state index contributed by atoms with van der Waals surface area (Å²) in [6.45, 7) is 76.8. The average molecular weight is 1940 g/mol. The SMILES string of the molecule is CCCCCCCC[Si](c1ccc2c3ccc([Si](CCCCCCCC)(C(C)C)C(C)C)cc3n(-c3cc(C(C)(C)CC(C)(C)C)cc(-c4cc(F)cc(C)c4OCCCOc4c(C)cc(F)cc4-c4cc(C(C)(C)CC(C)(C)C)cc(-n5c6cc([Si](CCCCCCCC)(C(C)C)C(C)C)ccc6c6ccc([Si](CCCCCCCC)(C(C)C)C(C)C)cc65)c4O)c3O)c2c1)(C(C)C)C(C)C. The fourth-order valence-corrected chi connectivity index (χ4v) is 50.0. The Kier molecular flexibility index (Phi) is 39.4. The summed E-state index contributed by atoms with van der Waals surface area (Å²) < 4.78 is 53.6. The van der Waals surface area contributed by atoms with Gasteiger partial charge < -0.3 is 28.8 Å². The standard InChI is InChI=1S/C125H192F2N2O4Si4/c1-33-37-41-45-49-53-68-134(86(5)6,87(7)8)100-58-62-104-105-63-59-101(135(88(9)10,89(11)12)69-54-50-46-42-38-34-2)81-113(105)128(112(104)80-100)116-76-96(124(29,30)84-122(23,24)25)74-108(118(116)130)110-78-98(126)72-94(21)120(110)132-66-57-67-133-121-95(22)73-99(127)79-111(121)109-75-97(125(31,32)85-123(26,27)28)77-117(119(109)131)129-114-82-102(136(90(13)14,91(15)16)70-55-51-47-43-39-35-3)60-64-106(114)107-65-61-103(83-115(107)129)137(92(17)18,93(19)20)71-56-52-48-44-40-36-4/h58-65,72-83,86-93,130-131H,33-57,66-71,84-85H2,1-32H3. The number of ether oxygens (including phenoxy) is 2. The zero-order valence-corrected chi connectivity index (χ0v) is 96.9. The summed E-state index contributed by atoms with van der Waals surface area (Å²) in [5.41, 5.74) is 14.1. The molecular weight excluding hydrogens is 1740 g/mol. The van der Waals surface area contributed by atoms with E-state index in [4.69, 9.17) is 9.47 Å². The third kappa shape index (κ3) is 25.0. The number of benzene rings is 8. The molecule has 0 spiro atoms. The molecule has 0 aliphatic heterocycles. The number of fused-ring (bicyclic) bond motifs is 6. The highest BCUT2D eigenvalue weighted by atomic mass is 28.3. The molecule has 756 valence electrons. The van der Waals surface area contributed by atoms with Crippen LogP contribution in [0.25, 0.3) is 77.2 Å². The van der Waals surface area contributed by atoms with Crippen LogP contribution in [0, 0.1) is 36.3 Å². The highest BCUT2D eigenvalue weighted by Crippen LogP contribution is 2.54. The van der Waals surface area contributed by atoms with Crippen LogP contribution in [-0.4, -0.2) is 64.9 Å². The van der Waals surface area contributed by atoms with E-state index in [0.717, 1.165) is 46.0 Å². The lowest BCUT2D eigenvalue weighted by molar-refractivity contribution is 0.246. The number of aromatic hydroxyl groups is 2. The van der Waals surface area contributed by atoms with Crippen LogP contribution in [-0.2, 0) is 10.8 Å². The van der Waals surface area contributed by atoms with E-state index in [1.807, 2.05) is 13.8 Å². The Morgan fingerprint density at radius 2 is 0.526 bits per heavy atom. The van der Waals surface area contributed by atoms with Crippen LogP contribution in [0.1, 0.15) is 403 Å². The van der Waals surface area contributed by atoms with Crippen molar-refractivity contribution in [2.75, 3.05) is 13.2 Å². The predicted molar refractivity (Wildman–Crippen MR) is 610 cm³/mol. The highest BCUT2D eigenvalue weighted by molar-refractivity contribution is 6.96. The molecule has 12 heteroatoms. The van der Waals surface area contributed by atoms with E-state index in [2.05, 4.69) is 314 Å². The van der Waals surface area contributed by atoms with E-state index >= 15 is 8.78 Å². The molecule has 0 aliphatic rings. The monoisotopic (exact) mass is 1940 g/mol. The topological polar surface area (TPSA) is 68.8 Å². The van der Waals surface area contributed by atoms with Crippen molar-refractivity contribution in [3.05, 3.63) is 155 Å². The number of phenolic OH excluding ortho intramolecular Hbond substituents is 2. The number of aromatic nitrogens is 2. The smallest absolute Gasteiger partial charge is 0.147 e. The third-order valence-corrected chi connectivity index (χ3v) is 60.5. The fourth-order valence-electron chi connectivity index (χ4n) is 27.0. The van der Waals surface area contributed by atoms with Crippen LogP contribution in [0.2, 0.25) is 68.5 Å². The molecule has 8 aromatic carbocycles. The molecule has 137 heavy (non-hydrogen) atoms. The molecule has 2 aromatic heterocycles. The van der Waals surface area contributed by atoms with Crippen molar-refractivity contribution in [2.24, 2.45) is 10.8 Å². The zero-order chi connectivity index (χ0) is 101. The molecule has 0 aliphatic carbocycles. The van der Waals surface area contributed by atoms with Crippen LogP contribution in [0.4, 0.5) is 8.78 Å². The van der Waals surface area contributed by atoms with Crippen molar-refractivity contribution in [1.82, 2.24) is 9.13 Å². The van der Waals surface area contributed by atoms with Crippen molar-refractivity contribution in [3.8, 4) is 56.6 Å². The molecule has 0 fully saturated rings. The molecule has 2 heterocycles. The molecule has 0 amide bonds. The van der Waals surface area contributed by atoms with Crippen molar-refractivity contribution < 1.29 is 28.5 Å². The van der Waals surface area contributed by atoms with Gasteiger partial charge in [-0.15, -0.1) is 0 Å². The number of rotatable bonds is 54. The Bertz CT molecular complexity index is 5030. The summed E-state index contributed by atoms with van der Waals surface area (Å²) in [7, 11) is -9.00. The van der Waals surface area contributed by atoms with Gasteiger partial charge in [-0.05, 0) is 188 Å². The molecule has 0 atom stereocenters. The van der Waals surface area contributed by atoms with Gasteiger partial charge in [-0.3, -0.25) is 0 Å². The molecule has 2 N–H and O–H groups in total. The summed E-state index contributed by atoms with van der Waals surface area (Å²) in [6, 6.07) is 50.3. The first-order valence-electron chi connectivity index (χ1n) is 55.4.